The van der Waals surface area contributed by atoms with Crippen LogP contribution in [0.1, 0.15) is 5.56 Å². The zero-order chi connectivity index (χ0) is 16.2. The van der Waals surface area contributed by atoms with Gasteiger partial charge in [0, 0.05) is 29.1 Å². The Labute approximate surface area is 134 Å². The largest absolute Gasteiger partial charge is 0.496 e. The van der Waals surface area contributed by atoms with Crippen LogP contribution in [0.15, 0.2) is 54.9 Å². The zero-order valence-corrected chi connectivity index (χ0v) is 12.5. The molecule has 0 radical (unpaired) electrons. The number of pyridine rings is 2. The molecule has 3 aromatic rings. The minimum atomic E-state index is 0.190. The maximum atomic E-state index is 9.41. The first-order valence-corrected chi connectivity index (χ1v) is 6.99. The summed E-state index contributed by atoms with van der Waals surface area (Å²) < 4.78 is 5.38. The quantitative estimate of drug-likeness (QED) is 0.802. The molecule has 0 fully saturated rings. The normalized spacial score (nSPS) is 10.1. The van der Waals surface area contributed by atoms with Crippen molar-refractivity contribution in [3.05, 3.63) is 60.4 Å². The second kappa shape index (κ2) is 6.16. The number of anilines is 1. The third-order valence-electron chi connectivity index (χ3n) is 3.51. The molecule has 2 aromatic heterocycles. The van der Waals surface area contributed by atoms with Gasteiger partial charge in [0.15, 0.2) is 0 Å². The Hall–Kier alpha value is -3.39. The second-order valence-corrected chi connectivity index (χ2v) is 4.87. The van der Waals surface area contributed by atoms with Crippen molar-refractivity contribution < 1.29 is 4.74 Å². The van der Waals surface area contributed by atoms with E-state index < -0.39 is 0 Å². The van der Waals surface area contributed by atoms with Gasteiger partial charge in [-0.25, -0.2) is 4.98 Å². The molecule has 0 saturated carbocycles. The number of methoxy groups -OCH3 is 1. The molecule has 23 heavy (non-hydrogen) atoms. The summed E-state index contributed by atoms with van der Waals surface area (Å²) in [5, 5.41) is 9.41. The molecule has 0 unspecified atom stereocenters. The van der Waals surface area contributed by atoms with Gasteiger partial charge in [-0.2, -0.15) is 5.26 Å². The molecule has 3 rings (SSSR count). The lowest BCUT2D eigenvalue weighted by molar-refractivity contribution is 0.416. The van der Waals surface area contributed by atoms with Crippen LogP contribution in [0.5, 0.6) is 5.75 Å². The average Bonchev–Trinajstić information content (AvgIpc) is 2.61. The molecule has 0 aliphatic heterocycles. The van der Waals surface area contributed by atoms with Gasteiger partial charge in [0.25, 0.3) is 0 Å². The van der Waals surface area contributed by atoms with Gasteiger partial charge in [0.1, 0.15) is 23.2 Å². The fourth-order valence-corrected chi connectivity index (χ4v) is 2.43. The SMILES string of the molecule is COc1ccccc1-c1cc(-c2cccnc2)c(C#N)c(N)n1. The molecule has 5 nitrogen and oxygen atoms in total. The summed E-state index contributed by atoms with van der Waals surface area (Å²) in [4.78, 5) is 8.47. The van der Waals surface area contributed by atoms with Crippen LogP contribution in [0.3, 0.4) is 0 Å². The van der Waals surface area contributed by atoms with Crippen LogP contribution in [-0.4, -0.2) is 17.1 Å². The standard InChI is InChI=1S/C18H14N4O/c1-23-17-7-3-2-6-13(17)16-9-14(12-5-4-8-21-11-12)15(10-19)18(20)22-16/h2-9,11H,1H3,(H2,20,22). The summed E-state index contributed by atoms with van der Waals surface area (Å²) >= 11 is 0. The zero-order valence-electron chi connectivity index (χ0n) is 12.5. The Morgan fingerprint density at radius 3 is 2.65 bits per heavy atom. The first kappa shape index (κ1) is 14.5. The average molecular weight is 302 g/mol. The summed E-state index contributed by atoms with van der Waals surface area (Å²) in [7, 11) is 1.61. The Kier molecular flexibility index (Phi) is 3.89. The number of benzene rings is 1. The Morgan fingerprint density at radius 1 is 1.13 bits per heavy atom. The number of nitrogens with two attached hydrogens (primary N) is 1. The summed E-state index contributed by atoms with van der Waals surface area (Å²) in [6.45, 7) is 0. The Balaban J connectivity index is 2.26. The van der Waals surface area contributed by atoms with Crippen molar-refractivity contribution in [3.63, 3.8) is 0 Å². The highest BCUT2D eigenvalue weighted by Crippen LogP contribution is 2.34. The molecule has 0 aliphatic rings. The van der Waals surface area contributed by atoms with E-state index in [1.807, 2.05) is 42.5 Å². The van der Waals surface area contributed by atoms with Crippen LogP contribution < -0.4 is 10.5 Å². The lowest BCUT2D eigenvalue weighted by Gasteiger charge is -2.12. The first-order chi connectivity index (χ1) is 11.2. The van der Waals surface area contributed by atoms with Gasteiger partial charge in [-0.1, -0.05) is 18.2 Å². The van der Waals surface area contributed by atoms with E-state index in [1.54, 1.807) is 19.5 Å². The van der Waals surface area contributed by atoms with Gasteiger partial charge in [0.05, 0.1) is 12.8 Å². The van der Waals surface area contributed by atoms with E-state index >= 15 is 0 Å². The van der Waals surface area contributed by atoms with Crippen LogP contribution in [-0.2, 0) is 0 Å². The minimum absolute atomic E-state index is 0.190. The molecule has 2 N–H and O–H groups in total. The fourth-order valence-electron chi connectivity index (χ4n) is 2.43. The van der Waals surface area contributed by atoms with E-state index in [9.17, 15) is 5.26 Å². The first-order valence-electron chi connectivity index (χ1n) is 6.99. The Bertz CT molecular complexity index is 885. The van der Waals surface area contributed by atoms with Crippen LogP contribution in [0.25, 0.3) is 22.4 Å². The van der Waals surface area contributed by atoms with Gasteiger partial charge in [0.2, 0.25) is 0 Å². The number of nitrogens with zero attached hydrogens (tertiary/aromatic N) is 3. The van der Waals surface area contributed by atoms with Crippen LogP contribution in [0.2, 0.25) is 0 Å². The van der Waals surface area contributed by atoms with Crippen LogP contribution in [0.4, 0.5) is 5.82 Å². The van der Waals surface area contributed by atoms with E-state index in [1.165, 1.54) is 0 Å². The summed E-state index contributed by atoms with van der Waals surface area (Å²) in [6, 6.07) is 15.2. The number of para-hydroxylation sites is 1. The third kappa shape index (κ3) is 2.70. The van der Waals surface area contributed by atoms with E-state index in [0.29, 0.717) is 22.6 Å². The number of hydrogen-bond acceptors (Lipinski definition) is 5. The van der Waals surface area contributed by atoms with Crippen molar-refractivity contribution in [2.45, 2.75) is 0 Å². The summed E-state index contributed by atoms with van der Waals surface area (Å²) in [6.07, 6.45) is 3.38. The molecule has 0 spiro atoms. The predicted molar refractivity (Wildman–Crippen MR) is 88.6 cm³/mol. The molecule has 2 heterocycles. The number of aromatic nitrogens is 2. The molecular weight excluding hydrogens is 288 g/mol. The molecule has 0 saturated heterocycles. The monoisotopic (exact) mass is 302 g/mol. The van der Waals surface area contributed by atoms with Crippen molar-refractivity contribution >= 4 is 5.82 Å². The Morgan fingerprint density at radius 2 is 1.96 bits per heavy atom. The molecule has 0 bridgehead atoms. The van der Waals surface area contributed by atoms with Gasteiger partial charge < -0.3 is 10.5 Å². The molecule has 0 amide bonds. The number of nitriles is 1. The van der Waals surface area contributed by atoms with Gasteiger partial charge >= 0.3 is 0 Å². The third-order valence-corrected chi connectivity index (χ3v) is 3.51. The molecule has 1 aromatic carbocycles. The molecular formula is C18H14N4O. The van der Waals surface area contributed by atoms with Gasteiger partial charge in [-0.05, 0) is 24.3 Å². The number of hydrogen-bond donors (Lipinski definition) is 1. The van der Waals surface area contributed by atoms with Crippen molar-refractivity contribution in [2.24, 2.45) is 0 Å². The topological polar surface area (TPSA) is 84.8 Å². The van der Waals surface area contributed by atoms with Gasteiger partial charge in [-0.3, -0.25) is 4.98 Å². The number of rotatable bonds is 3. The van der Waals surface area contributed by atoms with Crippen molar-refractivity contribution in [1.29, 1.82) is 5.26 Å². The highest BCUT2D eigenvalue weighted by molar-refractivity contribution is 5.81. The van der Waals surface area contributed by atoms with Crippen molar-refractivity contribution in [3.8, 4) is 34.2 Å². The number of ether oxygens (including phenoxy) is 1. The van der Waals surface area contributed by atoms with Crippen LogP contribution >= 0.6 is 0 Å². The minimum Gasteiger partial charge on any atom is -0.496 e. The lowest BCUT2D eigenvalue weighted by atomic mass is 9.99. The summed E-state index contributed by atoms with van der Waals surface area (Å²) in [5.41, 5.74) is 9.33. The fraction of sp³-hybridized carbons (Fsp3) is 0.0556. The predicted octanol–water partition coefficient (Wildman–Crippen LogP) is 3.27. The maximum absolute atomic E-state index is 9.41. The smallest absolute Gasteiger partial charge is 0.142 e. The van der Waals surface area contributed by atoms with Crippen LogP contribution in [0, 0.1) is 11.3 Å². The number of nitrogen functional groups attached to an aromatic ring is 1. The molecule has 5 heteroatoms. The molecule has 0 atom stereocenters. The van der Waals surface area contributed by atoms with E-state index in [0.717, 1.165) is 11.1 Å². The molecule has 112 valence electrons. The maximum Gasteiger partial charge on any atom is 0.142 e. The van der Waals surface area contributed by atoms with E-state index in [4.69, 9.17) is 10.5 Å². The summed E-state index contributed by atoms with van der Waals surface area (Å²) in [5.74, 6) is 0.885. The van der Waals surface area contributed by atoms with Gasteiger partial charge in [-0.15, -0.1) is 0 Å². The van der Waals surface area contributed by atoms with Crippen molar-refractivity contribution in [1.82, 2.24) is 9.97 Å². The van der Waals surface area contributed by atoms with E-state index in [-0.39, 0.29) is 5.82 Å². The van der Waals surface area contributed by atoms with Crippen molar-refractivity contribution in [2.75, 3.05) is 12.8 Å². The van der Waals surface area contributed by atoms with E-state index in [2.05, 4.69) is 16.0 Å². The highest BCUT2D eigenvalue weighted by Gasteiger charge is 2.15. The second-order valence-electron chi connectivity index (χ2n) is 4.87. The molecule has 0 aliphatic carbocycles. The highest BCUT2D eigenvalue weighted by atomic mass is 16.5. The lowest BCUT2D eigenvalue weighted by Crippen LogP contribution is -2.00.